The summed E-state index contributed by atoms with van der Waals surface area (Å²) < 4.78 is 0. The molecule has 0 saturated carbocycles. The molecule has 1 unspecified atom stereocenters. The summed E-state index contributed by atoms with van der Waals surface area (Å²) in [4.78, 5) is 22.7. The van der Waals surface area contributed by atoms with Crippen molar-refractivity contribution in [3.8, 4) is 0 Å². The average Bonchev–Trinajstić information content (AvgIpc) is 2.32. The lowest BCUT2D eigenvalue weighted by Crippen LogP contribution is -2.46. The fourth-order valence-corrected chi connectivity index (χ4v) is 2.03. The number of carboxylic acid groups (broad SMARTS) is 1. The summed E-state index contributed by atoms with van der Waals surface area (Å²) in [5.74, 6) is -1.38. The van der Waals surface area contributed by atoms with E-state index < -0.39 is 18.0 Å². The van der Waals surface area contributed by atoms with Crippen LogP contribution in [-0.2, 0) is 4.79 Å². The van der Waals surface area contributed by atoms with Crippen molar-refractivity contribution in [1.82, 2.24) is 5.32 Å². The number of anilines is 1. The molecule has 3 N–H and O–H groups in total. The molecule has 110 valence electrons. The molecule has 0 aliphatic heterocycles. The first kappa shape index (κ1) is 16.9. The first-order valence-electron chi connectivity index (χ1n) is 5.67. The molecule has 0 aliphatic rings. The Morgan fingerprint density at radius 1 is 1.10 bits per heavy atom. The van der Waals surface area contributed by atoms with Crippen LogP contribution in [0, 0.1) is 5.92 Å². The van der Waals surface area contributed by atoms with Crippen LogP contribution in [0.3, 0.4) is 0 Å². The van der Waals surface area contributed by atoms with Gasteiger partial charge in [-0.2, -0.15) is 0 Å². The highest BCUT2D eigenvalue weighted by Crippen LogP contribution is 2.32. The molecule has 0 radical (unpaired) electrons. The maximum absolute atomic E-state index is 11.8. The van der Waals surface area contributed by atoms with Gasteiger partial charge in [-0.15, -0.1) is 0 Å². The molecule has 1 atom stereocenters. The number of nitrogens with one attached hydrogen (secondary N) is 2. The van der Waals surface area contributed by atoms with E-state index in [1.54, 1.807) is 13.8 Å². The standard InChI is InChI=1S/C12H13Cl3N2O3/c1-5(2)10(11(18)19)17-12(20)16-9-4-7(14)6(13)3-8(9)15/h3-5,10H,1-2H3,(H,18,19)(H2,16,17,20). The van der Waals surface area contributed by atoms with Crippen molar-refractivity contribution in [1.29, 1.82) is 0 Å². The number of halogens is 3. The monoisotopic (exact) mass is 338 g/mol. The van der Waals surface area contributed by atoms with Crippen LogP contribution in [0.25, 0.3) is 0 Å². The van der Waals surface area contributed by atoms with Gasteiger partial charge in [0.2, 0.25) is 0 Å². The Hall–Kier alpha value is -1.17. The Bertz CT molecular complexity index is 535. The number of aliphatic carboxylic acids is 1. The Balaban J connectivity index is 2.81. The molecule has 0 saturated heterocycles. The van der Waals surface area contributed by atoms with Gasteiger partial charge in [0.05, 0.1) is 20.8 Å². The van der Waals surface area contributed by atoms with E-state index in [1.807, 2.05) is 0 Å². The molecule has 1 aromatic carbocycles. The number of carbonyl (C=O) groups is 2. The maximum Gasteiger partial charge on any atom is 0.326 e. The zero-order valence-electron chi connectivity index (χ0n) is 10.7. The molecule has 1 aromatic rings. The van der Waals surface area contributed by atoms with Crippen LogP contribution >= 0.6 is 34.8 Å². The minimum atomic E-state index is -1.12. The van der Waals surface area contributed by atoms with Gasteiger partial charge < -0.3 is 15.7 Å². The fraction of sp³-hybridized carbons (Fsp3) is 0.333. The summed E-state index contributed by atoms with van der Waals surface area (Å²) in [6, 6.07) is 1.08. The van der Waals surface area contributed by atoms with Gasteiger partial charge in [-0.3, -0.25) is 0 Å². The Kier molecular flexibility index (Phi) is 5.92. The van der Waals surface area contributed by atoms with Crippen LogP contribution < -0.4 is 10.6 Å². The van der Waals surface area contributed by atoms with E-state index in [0.717, 1.165) is 0 Å². The second-order valence-electron chi connectivity index (χ2n) is 4.40. The van der Waals surface area contributed by atoms with E-state index in [-0.39, 0.29) is 26.7 Å². The predicted molar refractivity (Wildman–Crippen MR) is 79.9 cm³/mol. The predicted octanol–water partition coefficient (Wildman–Crippen LogP) is 3.88. The van der Waals surface area contributed by atoms with Crippen LogP contribution in [0.4, 0.5) is 10.5 Å². The molecule has 20 heavy (non-hydrogen) atoms. The van der Waals surface area contributed by atoms with Crippen LogP contribution in [-0.4, -0.2) is 23.1 Å². The van der Waals surface area contributed by atoms with E-state index in [9.17, 15) is 9.59 Å². The SMILES string of the molecule is CC(C)C(NC(=O)Nc1cc(Cl)c(Cl)cc1Cl)C(=O)O. The molecular weight excluding hydrogens is 327 g/mol. The smallest absolute Gasteiger partial charge is 0.326 e. The first-order valence-corrected chi connectivity index (χ1v) is 6.80. The molecule has 0 spiro atoms. The van der Waals surface area contributed by atoms with Crippen LogP contribution in [0.15, 0.2) is 12.1 Å². The highest BCUT2D eigenvalue weighted by molar-refractivity contribution is 6.44. The van der Waals surface area contributed by atoms with Crippen molar-refractivity contribution in [3.05, 3.63) is 27.2 Å². The quantitative estimate of drug-likeness (QED) is 0.728. The third-order valence-electron chi connectivity index (χ3n) is 2.48. The molecule has 5 nitrogen and oxygen atoms in total. The molecule has 2 amide bonds. The van der Waals surface area contributed by atoms with Gasteiger partial charge in [-0.05, 0) is 18.1 Å². The Morgan fingerprint density at radius 3 is 2.15 bits per heavy atom. The number of carboxylic acids is 1. The Labute approximate surface area is 131 Å². The van der Waals surface area contributed by atoms with Gasteiger partial charge >= 0.3 is 12.0 Å². The van der Waals surface area contributed by atoms with Crippen molar-refractivity contribution in [2.24, 2.45) is 5.92 Å². The summed E-state index contributed by atoms with van der Waals surface area (Å²) in [5, 5.41) is 14.4. The lowest BCUT2D eigenvalue weighted by atomic mass is 10.1. The summed E-state index contributed by atoms with van der Waals surface area (Å²) in [6.07, 6.45) is 0. The lowest BCUT2D eigenvalue weighted by molar-refractivity contribution is -0.140. The number of hydrogen-bond acceptors (Lipinski definition) is 2. The van der Waals surface area contributed by atoms with Gasteiger partial charge in [0.1, 0.15) is 6.04 Å². The second-order valence-corrected chi connectivity index (χ2v) is 5.63. The molecule has 8 heteroatoms. The van der Waals surface area contributed by atoms with E-state index in [4.69, 9.17) is 39.9 Å². The number of carbonyl (C=O) groups excluding carboxylic acids is 1. The largest absolute Gasteiger partial charge is 0.480 e. The molecule has 0 aliphatic carbocycles. The number of benzene rings is 1. The summed E-state index contributed by atoms with van der Waals surface area (Å²) in [5.41, 5.74) is 0.242. The van der Waals surface area contributed by atoms with E-state index in [1.165, 1.54) is 12.1 Å². The van der Waals surface area contributed by atoms with Gasteiger partial charge in [0.25, 0.3) is 0 Å². The number of rotatable bonds is 4. The highest BCUT2D eigenvalue weighted by atomic mass is 35.5. The van der Waals surface area contributed by atoms with Crippen molar-refractivity contribution in [2.45, 2.75) is 19.9 Å². The van der Waals surface area contributed by atoms with Crippen molar-refractivity contribution < 1.29 is 14.7 Å². The molecule has 0 fully saturated rings. The van der Waals surface area contributed by atoms with E-state index in [0.29, 0.717) is 0 Å². The summed E-state index contributed by atoms with van der Waals surface area (Å²) in [6.45, 7) is 3.37. The van der Waals surface area contributed by atoms with Gasteiger partial charge in [-0.25, -0.2) is 9.59 Å². The van der Waals surface area contributed by atoms with Crippen LogP contribution in [0.5, 0.6) is 0 Å². The lowest BCUT2D eigenvalue weighted by Gasteiger charge is -2.18. The molecule has 0 heterocycles. The highest BCUT2D eigenvalue weighted by Gasteiger charge is 2.23. The second kappa shape index (κ2) is 7.02. The zero-order valence-corrected chi connectivity index (χ0v) is 13.0. The fourth-order valence-electron chi connectivity index (χ4n) is 1.43. The van der Waals surface area contributed by atoms with Crippen LogP contribution in [0.1, 0.15) is 13.8 Å². The summed E-state index contributed by atoms with van der Waals surface area (Å²) >= 11 is 17.5. The Morgan fingerprint density at radius 2 is 1.65 bits per heavy atom. The number of hydrogen-bond donors (Lipinski definition) is 3. The average molecular weight is 340 g/mol. The number of amides is 2. The third kappa shape index (κ3) is 4.44. The van der Waals surface area contributed by atoms with E-state index in [2.05, 4.69) is 10.6 Å². The maximum atomic E-state index is 11.8. The molecule has 0 aromatic heterocycles. The van der Waals surface area contributed by atoms with Gasteiger partial charge in [0.15, 0.2) is 0 Å². The van der Waals surface area contributed by atoms with Gasteiger partial charge in [-0.1, -0.05) is 48.7 Å². The minimum Gasteiger partial charge on any atom is -0.480 e. The van der Waals surface area contributed by atoms with E-state index >= 15 is 0 Å². The first-order chi connectivity index (χ1) is 9.22. The van der Waals surface area contributed by atoms with Crippen molar-refractivity contribution in [2.75, 3.05) is 5.32 Å². The van der Waals surface area contributed by atoms with Crippen molar-refractivity contribution >= 4 is 52.5 Å². The minimum absolute atomic E-state index is 0.200. The zero-order chi connectivity index (χ0) is 15.4. The van der Waals surface area contributed by atoms with Crippen molar-refractivity contribution in [3.63, 3.8) is 0 Å². The molecule has 1 rings (SSSR count). The molecule has 0 bridgehead atoms. The normalized spacial score (nSPS) is 12.1. The summed E-state index contributed by atoms with van der Waals surface area (Å²) in [7, 11) is 0. The molecular formula is C12H13Cl3N2O3. The van der Waals surface area contributed by atoms with Gasteiger partial charge in [0, 0.05) is 0 Å². The van der Waals surface area contributed by atoms with Crippen LogP contribution in [0.2, 0.25) is 15.1 Å². The number of urea groups is 1. The topological polar surface area (TPSA) is 78.4 Å². The third-order valence-corrected chi connectivity index (χ3v) is 3.51.